The topological polar surface area (TPSA) is 80.1 Å². The van der Waals surface area contributed by atoms with Gasteiger partial charge in [-0.05, 0) is 38.3 Å². The van der Waals surface area contributed by atoms with Crippen molar-refractivity contribution in [2.75, 3.05) is 24.2 Å². The minimum atomic E-state index is -0.127. The molecule has 7 nitrogen and oxygen atoms in total. The first-order valence-corrected chi connectivity index (χ1v) is 11.3. The fourth-order valence-corrected chi connectivity index (χ4v) is 4.40. The smallest absolute Gasteiger partial charge is 0.233 e. The molecule has 0 bridgehead atoms. The van der Waals surface area contributed by atoms with Gasteiger partial charge in [0.2, 0.25) is 11.8 Å². The number of anilines is 1. The Kier molecular flexibility index (Phi) is 7.94. The maximum absolute atomic E-state index is 12.4. The number of benzene rings is 1. The first-order chi connectivity index (χ1) is 14.1. The molecule has 0 radical (unpaired) electrons. The summed E-state index contributed by atoms with van der Waals surface area (Å²) in [6, 6.07) is 7.14. The number of carbonyl (C=O) groups excluding carboxylic acids is 2. The van der Waals surface area contributed by atoms with E-state index < -0.39 is 0 Å². The maximum Gasteiger partial charge on any atom is 0.233 e. The van der Waals surface area contributed by atoms with E-state index in [9.17, 15) is 9.59 Å². The van der Waals surface area contributed by atoms with Crippen molar-refractivity contribution < 1.29 is 9.59 Å². The highest BCUT2D eigenvalue weighted by molar-refractivity contribution is 7.99. The molecule has 1 fully saturated rings. The van der Waals surface area contributed by atoms with Crippen molar-refractivity contribution >= 4 is 40.9 Å². The summed E-state index contributed by atoms with van der Waals surface area (Å²) in [6.07, 6.45) is 4.12. The molecule has 3 rings (SSSR count). The summed E-state index contributed by atoms with van der Waals surface area (Å²) in [7, 11) is 0. The average Bonchev–Trinajstić information content (AvgIpc) is 3.14. The first-order valence-electron chi connectivity index (χ1n) is 9.95. The predicted octanol–water partition coefficient (Wildman–Crippen LogP) is 3.63. The van der Waals surface area contributed by atoms with Gasteiger partial charge in [-0.15, -0.1) is 10.2 Å². The van der Waals surface area contributed by atoms with Gasteiger partial charge in [0.05, 0.1) is 16.5 Å². The second kappa shape index (κ2) is 10.6. The monoisotopic (exact) mass is 435 g/mol. The summed E-state index contributed by atoms with van der Waals surface area (Å²) < 4.78 is 1.97. The number of aryl methyl sites for hydroxylation is 1. The highest BCUT2D eigenvalue weighted by atomic mass is 35.5. The number of piperidine rings is 1. The molecule has 9 heteroatoms. The standard InChI is InChI=1S/C20H26ClN5O2S/c1-2-26-17(10-11-18(27)22-16-9-5-4-8-15(16)21)23-24-20(26)29-14-19(28)25-12-6-3-7-13-25/h4-5,8-9H,2-3,6-7,10-14H2,1H3,(H,22,27). The van der Waals surface area contributed by atoms with Crippen molar-refractivity contribution in [1.82, 2.24) is 19.7 Å². The van der Waals surface area contributed by atoms with Gasteiger partial charge in [0.15, 0.2) is 5.16 Å². The summed E-state index contributed by atoms with van der Waals surface area (Å²) in [5.41, 5.74) is 0.601. The quantitative estimate of drug-likeness (QED) is 0.640. The van der Waals surface area contributed by atoms with E-state index in [0.29, 0.717) is 29.4 Å². The highest BCUT2D eigenvalue weighted by Gasteiger charge is 2.19. The molecular weight excluding hydrogens is 410 g/mol. The van der Waals surface area contributed by atoms with Crippen molar-refractivity contribution in [2.45, 2.75) is 50.7 Å². The molecule has 0 saturated carbocycles. The SMILES string of the molecule is CCn1c(CCC(=O)Nc2ccccc2Cl)nnc1SCC(=O)N1CCCCC1. The van der Waals surface area contributed by atoms with Gasteiger partial charge in [0.25, 0.3) is 0 Å². The lowest BCUT2D eigenvalue weighted by Gasteiger charge is -2.26. The molecule has 2 aromatic rings. The summed E-state index contributed by atoms with van der Waals surface area (Å²) in [5.74, 6) is 1.14. The van der Waals surface area contributed by atoms with E-state index >= 15 is 0 Å². The van der Waals surface area contributed by atoms with E-state index in [2.05, 4.69) is 15.5 Å². The van der Waals surface area contributed by atoms with Crippen LogP contribution in [0.25, 0.3) is 0 Å². The van der Waals surface area contributed by atoms with Crippen LogP contribution in [-0.4, -0.2) is 50.3 Å². The zero-order chi connectivity index (χ0) is 20.6. The molecule has 156 valence electrons. The van der Waals surface area contributed by atoms with Crippen molar-refractivity contribution in [3.05, 3.63) is 35.1 Å². The highest BCUT2D eigenvalue weighted by Crippen LogP contribution is 2.22. The molecule has 0 unspecified atom stereocenters. The van der Waals surface area contributed by atoms with Gasteiger partial charge in [-0.25, -0.2) is 0 Å². The summed E-state index contributed by atoms with van der Waals surface area (Å²) >= 11 is 7.49. The predicted molar refractivity (Wildman–Crippen MR) is 115 cm³/mol. The van der Waals surface area contributed by atoms with Crippen molar-refractivity contribution in [2.24, 2.45) is 0 Å². The lowest BCUT2D eigenvalue weighted by Crippen LogP contribution is -2.36. The second-order valence-electron chi connectivity index (χ2n) is 6.90. The average molecular weight is 436 g/mol. The van der Waals surface area contributed by atoms with Crippen LogP contribution < -0.4 is 5.32 Å². The van der Waals surface area contributed by atoms with E-state index in [1.54, 1.807) is 12.1 Å². The fourth-order valence-electron chi connectivity index (χ4n) is 3.29. The number of thioether (sulfide) groups is 1. The molecule has 0 atom stereocenters. The summed E-state index contributed by atoms with van der Waals surface area (Å²) in [6.45, 7) is 4.40. The van der Waals surface area contributed by atoms with Crippen LogP contribution in [-0.2, 0) is 22.6 Å². The Hall–Kier alpha value is -2.06. The first kappa shape index (κ1) is 21.6. The van der Waals surface area contributed by atoms with Crippen molar-refractivity contribution in [3.63, 3.8) is 0 Å². The van der Waals surface area contributed by atoms with Gasteiger partial charge < -0.3 is 14.8 Å². The van der Waals surface area contributed by atoms with Crippen molar-refractivity contribution in [1.29, 1.82) is 0 Å². The number of nitrogens with zero attached hydrogens (tertiary/aromatic N) is 4. The molecule has 1 N–H and O–H groups in total. The number of para-hydroxylation sites is 1. The minimum Gasteiger partial charge on any atom is -0.342 e. The molecule has 1 saturated heterocycles. The van der Waals surface area contributed by atoms with Crippen LogP contribution >= 0.6 is 23.4 Å². The van der Waals surface area contributed by atoms with Gasteiger partial charge in [0.1, 0.15) is 5.82 Å². The number of amides is 2. The van der Waals surface area contributed by atoms with Crippen LogP contribution in [0.2, 0.25) is 5.02 Å². The van der Waals surface area contributed by atoms with Gasteiger partial charge in [0, 0.05) is 32.5 Å². The molecule has 2 heterocycles. The number of hydrogen-bond acceptors (Lipinski definition) is 5. The maximum atomic E-state index is 12.4. The summed E-state index contributed by atoms with van der Waals surface area (Å²) in [5, 5.41) is 12.5. The number of hydrogen-bond donors (Lipinski definition) is 1. The molecule has 1 aliphatic rings. The third-order valence-corrected chi connectivity index (χ3v) is 6.15. The third-order valence-electron chi connectivity index (χ3n) is 4.87. The van der Waals surface area contributed by atoms with Crippen LogP contribution in [0.1, 0.15) is 38.4 Å². The molecule has 29 heavy (non-hydrogen) atoms. The number of carbonyl (C=O) groups is 2. The molecule has 0 aliphatic carbocycles. The number of rotatable bonds is 8. The van der Waals surface area contributed by atoms with E-state index in [0.717, 1.165) is 36.9 Å². The number of halogens is 1. The Morgan fingerprint density at radius 1 is 1.17 bits per heavy atom. The molecule has 1 aromatic heterocycles. The van der Waals surface area contributed by atoms with Crippen LogP contribution in [0.3, 0.4) is 0 Å². The Morgan fingerprint density at radius 2 is 1.93 bits per heavy atom. The zero-order valence-electron chi connectivity index (χ0n) is 16.6. The second-order valence-corrected chi connectivity index (χ2v) is 8.25. The normalized spacial score (nSPS) is 14.1. The van der Waals surface area contributed by atoms with Crippen molar-refractivity contribution in [3.8, 4) is 0 Å². The molecule has 1 aliphatic heterocycles. The number of likely N-dealkylation sites (tertiary alicyclic amines) is 1. The third kappa shape index (κ3) is 5.96. The lowest BCUT2D eigenvalue weighted by molar-refractivity contribution is -0.129. The Bertz CT molecular complexity index is 851. The van der Waals surface area contributed by atoms with Crippen LogP contribution in [0.15, 0.2) is 29.4 Å². The number of aromatic nitrogens is 3. The minimum absolute atomic E-state index is 0.127. The van der Waals surface area contributed by atoms with Gasteiger partial charge >= 0.3 is 0 Å². The van der Waals surface area contributed by atoms with Crippen LogP contribution in [0.5, 0.6) is 0 Å². The Morgan fingerprint density at radius 3 is 2.66 bits per heavy atom. The van der Waals surface area contributed by atoms with E-state index in [1.807, 2.05) is 28.5 Å². The lowest BCUT2D eigenvalue weighted by atomic mass is 10.1. The molecular formula is C20H26ClN5O2S. The largest absolute Gasteiger partial charge is 0.342 e. The Labute approximate surface area is 180 Å². The van der Waals surface area contributed by atoms with Crippen LogP contribution in [0.4, 0.5) is 5.69 Å². The van der Waals surface area contributed by atoms with E-state index in [1.165, 1.54) is 18.2 Å². The number of nitrogens with one attached hydrogen (secondary N) is 1. The van der Waals surface area contributed by atoms with E-state index in [4.69, 9.17) is 11.6 Å². The Balaban J connectivity index is 1.52. The van der Waals surface area contributed by atoms with Gasteiger partial charge in [-0.2, -0.15) is 0 Å². The van der Waals surface area contributed by atoms with Gasteiger partial charge in [-0.3, -0.25) is 9.59 Å². The summed E-state index contributed by atoms with van der Waals surface area (Å²) in [4.78, 5) is 26.6. The zero-order valence-corrected chi connectivity index (χ0v) is 18.1. The van der Waals surface area contributed by atoms with Gasteiger partial charge in [-0.1, -0.05) is 35.5 Å². The molecule has 0 spiro atoms. The van der Waals surface area contributed by atoms with E-state index in [-0.39, 0.29) is 18.2 Å². The van der Waals surface area contributed by atoms with Crippen LogP contribution in [0, 0.1) is 0 Å². The molecule has 2 amide bonds. The fraction of sp³-hybridized carbons (Fsp3) is 0.500. The molecule has 1 aromatic carbocycles.